The molecule has 1 heterocycles. The molecule has 94 valence electrons. The predicted octanol–water partition coefficient (Wildman–Crippen LogP) is 1.63. The van der Waals surface area contributed by atoms with Crippen LogP contribution in [0.3, 0.4) is 0 Å². The summed E-state index contributed by atoms with van der Waals surface area (Å²) < 4.78 is 41.7. The van der Waals surface area contributed by atoms with Crippen molar-refractivity contribution in [1.82, 2.24) is 4.98 Å². The number of carbonyl (C=O) groups is 1. The molecule has 0 spiro atoms. The molecule has 0 aliphatic rings. The average Bonchev–Trinajstić information content (AvgIpc) is 2.25. The van der Waals surface area contributed by atoms with Crippen LogP contribution in [0, 0.1) is 0 Å². The third-order valence-corrected chi connectivity index (χ3v) is 1.95. The molecule has 17 heavy (non-hydrogen) atoms. The van der Waals surface area contributed by atoms with E-state index in [1.807, 2.05) is 0 Å². The summed E-state index contributed by atoms with van der Waals surface area (Å²) in [7, 11) is 2.38. The highest BCUT2D eigenvalue weighted by molar-refractivity contribution is 5.95. The van der Waals surface area contributed by atoms with Crippen molar-refractivity contribution in [3.05, 3.63) is 17.2 Å². The third kappa shape index (κ3) is 2.58. The largest absolute Gasteiger partial charge is 0.493 e. The van der Waals surface area contributed by atoms with Gasteiger partial charge in [0.1, 0.15) is 16.9 Å². The van der Waals surface area contributed by atoms with Crippen LogP contribution in [-0.2, 0) is 10.9 Å². The molecule has 0 aliphatic carbocycles. The fraction of sp³-hybridized carbons (Fsp3) is 0.333. The van der Waals surface area contributed by atoms with E-state index in [1.54, 1.807) is 0 Å². The zero-order valence-corrected chi connectivity index (χ0v) is 8.92. The second kappa shape index (κ2) is 4.48. The number of anilines is 1. The van der Waals surface area contributed by atoms with E-state index in [-0.39, 0.29) is 5.82 Å². The Labute approximate surface area is 94.2 Å². The summed E-state index contributed by atoms with van der Waals surface area (Å²) in [5.74, 6) is -2.37. The van der Waals surface area contributed by atoms with E-state index in [0.29, 0.717) is 6.07 Å². The lowest BCUT2D eigenvalue weighted by molar-refractivity contribution is -0.139. The molecular weight excluding hydrogens is 241 g/mol. The Balaban J connectivity index is 3.43. The molecule has 1 aromatic heterocycles. The summed E-state index contributed by atoms with van der Waals surface area (Å²) in [6, 6.07) is 0.486. The van der Waals surface area contributed by atoms with Crippen LogP contribution in [0.1, 0.15) is 15.9 Å². The van der Waals surface area contributed by atoms with Crippen LogP contribution < -0.4 is 5.32 Å². The molecule has 0 bridgehead atoms. The Morgan fingerprint density at radius 1 is 1.53 bits per heavy atom. The van der Waals surface area contributed by atoms with Gasteiger partial charge in [-0.15, -0.1) is 0 Å². The van der Waals surface area contributed by atoms with Crippen LogP contribution in [0.15, 0.2) is 6.07 Å². The molecular formula is C9H9F3N2O3. The number of ether oxygens (including phenoxy) is 1. The zero-order valence-electron chi connectivity index (χ0n) is 8.92. The molecule has 0 unspecified atom stereocenters. The van der Waals surface area contributed by atoms with Gasteiger partial charge in [-0.2, -0.15) is 18.2 Å². The van der Waals surface area contributed by atoms with Crippen LogP contribution in [0.4, 0.5) is 19.0 Å². The highest BCUT2D eigenvalue weighted by Crippen LogP contribution is 2.36. The first kappa shape index (κ1) is 13.1. The number of aromatic nitrogens is 1. The maximum Gasteiger partial charge on any atom is 0.421 e. The molecule has 5 nitrogen and oxygen atoms in total. The first-order valence-electron chi connectivity index (χ1n) is 4.38. The SMILES string of the molecule is CNc1nc(O)c(C(F)(F)F)cc1C(=O)OC. The lowest BCUT2D eigenvalue weighted by atomic mass is 10.1. The van der Waals surface area contributed by atoms with Crippen molar-refractivity contribution in [2.75, 3.05) is 19.5 Å². The first-order valence-corrected chi connectivity index (χ1v) is 4.38. The van der Waals surface area contributed by atoms with E-state index < -0.39 is 29.2 Å². The number of rotatable bonds is 2. The van der Waals surface area contributed by atoms with Crippen molar-refractivity contribution in [2.24, 2.45) is 0 Å². The number of nitrogens with zero attached hydrogens (tertiary/aromatic N) is 1. The molecule has 1 rings (SSSR count). The summed E-state index contributed by atoms with van der Waals surface area (Å²) in [5, 5.41) is 11.5. The summed E-state index contributed by atoms with van der Waals surface area (Å²) >= 11 is 0. The number of aromatic hydroxyl groups is 1. The number of hydrogen-bond donors (Lipinski definition) is 2. The van der Waals surface area contributed by atoms with Crippen LogP contribution >= 0.6 is 0 Å². The van der Waals surface area contributed by atoms with Gasteiger partial charge in [-0.05, 0) is 6.07 Å². The highest BCUT2D eigenvalue weighted by atomic mass is 19.4. The van der Waals surface area contributed by atoms with Crippen molar-refractivity contribution >= 4 is 11.8 Å². The normalized spacial score (nSPS) is 11.1. The molecule has 0 aromatic carbocycles. The van der Waals surface area contributed by atoms with Gasteiger partial charge in [0.2, 0.25) is 5.88 Å². The lowest BCUT2D eigenvalue weighted by Crippen LogP contribution is -2.13. The van der Waals surface area contributed by atoms with Crippen molar-refractivity contribution in [1.29, 1.82) is 0 Å². The number of pyridine rings is 1. The smallest absolute Gasteiger partial charge is 0.421 e. The van der Waals surface area contributed by atoms with Gasteiger partial charge in [0, 0.05) is 7.05 Å². The van der Waals surface area contributed by atoms with Crippen LogP contribution in [0.25, 0.3) is 0 Å². The molecule has 0 saturated heterocycles. The summed E-state index contributed by atoms with van der Waals surface area (Å²) in [6.07, 6.45) is -4.80. The third-order valence-electron chi connectivity index (χ3n) is 1.95. The minimum Gasteiger partial charge on any atom is -0.493 e. The Hall–Kier alpha value is -1.99. The molecule has 0 saturated carbocycles. The standard InChI is InChI=1S/C9H9F3N2O3/c1-13-6-4(8(16)17-2)3-5(7(15)14-6)9(10,11)12/h3H,1-2H3,(H2,13,14,15). The molecule has 0 atom stereocenters. The predicted molar refractivity (Wildman–Crippen MR) is 51.8 cm³/mol. The second-order valence-corrected chi connectivity index (χ2v) is 3.00. The molecule has 1 aromatic rings. The topological polar surface area (TPSA) is 71.5 Å². The fourth-order valence-electron chi connectivity index (χ4n) is 1.17. The summed E-state index contributed by atoms with van der Waals surface area (Å²) in [6.45, 7) is 0. The minimum atomic E-state index is -4.80. The molecule has 0 fully saturated rings. The summed E-state index contributed by atoms with van der Waals surface area (Å²) in [5.41, 5.74) is -1.79. The quantitative estimate of drug-likeness (QED) is 0.780. The van der Waals surface area contributed by atoms with E-state index in [0.717, 1.165) is 7.11 Å². The van der Waals surface area contributed by atoms with Crippen molar-refractivity contribution in [3.8, 4) is 5.88 Å². The number of esters is 1. The van der Waals surface area contributed by atoms with Crippen LogP contribution in [0.2, 0.25) is 0 Å². The van der Waals surface area contributed by atoms with Gasteiger partial charge in [0.25, 0.3) is 0 Å². The monoisotopic (exact) mass is 250 g/mol. The minimum absolute atomic E-state index is 0.192. The summed E-state index contributed by atoms with van der Waals surface area (Å²) in [4.78, 5) is 14.5. The Morgan fingerprint density at radius 2 is 2.12 bits per heavy atom. The highest BCUT2D eigenvalue weighted by Gasteiger charge is 2.36. The van der Waals surface area contributed by atoms with Gasteiger partial charge in [0.05, 0.1) is 7.11 Å². The zero-order chi connectivity index (χ0) is 13.2. The molecule has 0 aliphatic heterocycles. The molecule has 8 heteroatoms. The fourth-order valence-corrected chi connectivity index (χ4v) is 1.17. The van der Waals surface area contributed by atoms with Gasteiger partial charge in [0.15, 0.2) is 0 Å². The van der Waals surface area contributed by atoms with E-state index in [1.165, 1.54) is 7.05 Å². The number of carbonyl (C=O) groups excluding carboxylic acids is 1. The average molecular weight is 250 g/mol. The first-order chi connectivity index (χ1) is 7.81. The maximum absolute atomic E-state index is 12.5. The lowest BCUT2D eigenvalue weighted by Gasteiger charge is -2.12. The number of nitrogens with one attached hydrogen (secondary N) is 1. The van der Waals surface area contributed by atoms with Crippen molar-refractivity contribution in [3.63, 3.8) is 0 Å². The van der Waals surface area contributed by atoms with Crippen molar-refractivity contribution < 1.29 is 27.8 Å². The Bertz CT molecular complexity index is 446. The van der Waals surface area contributed by atoms with Crippen LogP contribution in [-0.4, -0.2) is 30.2 Å². The molecule has 0 amide bonds. The maximum atomic E-state index is 12.5. The number of halogens is 3. The second-order valence-electron chi connectivity index (χ2n) is 3.00. The van der Waals surface area contributed by atoms with Gasteiger partial charge in [-0.25, -0.2) is 4.79 Å². The van der Waals surface area contributed by atoms with Gasteiger partial charge in [-0.1, -0.05) is 0 Å². The number of methoxy groups -OCH3 is 1. The Kier molecular flexibility index (Phi) is 3.45. The van der Waals surface area contributed by atoms with Crippen molar-refractivity contribution in [2.45, 2.75) is 6.18 Å². The number of hydrogen-bond acceptors (Lipinski definition) is 5. The molecule has 2 N–H and O–H groups in total. The van der Waals surface area contributed by atoms with Gasteiger partial charge in [-0.3, -0.25) is 0 Å². The van der Waals surface area contributed by atoms with Gasteiger partial charge >= 0.3 is 12.1 Å². The van der Waals surface area contributed by atoms with E-state index in [2.05, 4.69) is 15.0 Å². The number of alkyl halides is 3. The van der Waals surface area contributed by atoms with Gasteiger partial charge < -0.3 is 15.2 Å². The molecule has 0 radical (unpaired) electrons. The van der Waals surface area contributed by atoms with E-state index in [9.17, 15) is 18.0 Å². The Morgan fingerprint density at radius 3 is 2.53 bits per heavy atom. The van der Waals surface area contributed by atoms with Crippen LogP contribution in [0.5, 0.6) is 5.88 Å². The van der Waals surface area contributed by atoms with E-state index >= 15 is 0 Å². The van der Waals surface area contributed by atoms with E-state index in [4.69, 9.17) is 5.11 Å².